The first-order valence-electron chi connectivity index (χ1n) is 19.2. The molecule has 4 heteroatoms. The Morgan fingerprint density at radius 2 is 1.51 bits per heavy atom. The molecule has 49 heavy (non-hydrogen) atoms. The van der Waals surface area contributed by atoms with Crippen LogP contribution < -0.4 is 9.80 Å². The van der Waals surface area contributed by atoms with Crippen molar-refractivity contribution in [2.24, 2.45) is 5.92 Å². The monoisotopic (exact) mass is 673 g/mol. The zero-order valence-corrected chi connectivity index (χ0v) is 31.2. The highest BCUT2D eigenvalue weighted by atomic mass is 35.5. The number of aryl methyl sites for hydroxylation is 3. The van der Waals surface area contributed by atoms with Gasteiger partial charge in [-0.15, -0.1) is 0 Å². The summed E-state index contributed by atoms with van der Waals surface area (Å²) in [6, 6.07) is 23.8. The summed E-state index contributed by atoms with van der Waals surface area (Å²) in [6.07, 6.45) is 13.5. The van der Waals surface area contributed by atoms with Gasteiger partial charge in [0.1, 0.15) is 0 Å². The molecule has 3 aromatic carbocycles. The molecule has 2 saturated heterocycles. The second kappa shape index (κ2) is 15.3. The van der Waals surface area contributed by atoms with Gasteiger partial charge in [0.2, 0.25) is 0 Å². The fourth-order valence-electron chi connectivity index (χ4n) is 8.90. The van der Waals surface area contributed by atoms with Crippen LogP contribution in [0.3, 0.4) is 0 Å². The van der Waals surface area contributed by atoms with Gasteiger partial charge in [-0.2, -0.15) is 0 Å². The normalized spacial score (nSPS) is 19.6. The van der Waals surface area contributed by atoms with Crippen molar-refractivity contribution in [2.75, 3.05) is 55.6 Å². The number of piperazine rings is 1. The van der Waals surface area contributed by atoms with Gasteiger partial charge in [-0.1, -0.05) is 80.4 Å². The first kappa shape index (κ1) is 34.2. The minimum atomic E-state index is 0.591. The van der Waals surface area contributed by atoms with Gasteiger partial charge >= 0.3 is 0 Å². The molecule has 3 nitrogen and oxygen atoms in total. The highest BCUT2D eigenvalue weighted by molar-refractivity contribution is 6.32. The van der Waals surface area contributed by atoms with Crippen LogP contribution in [-0.4, -0.2) is 50.7 Å². The average Bonchev–Trinajstić information content (AvgIpc) is 3.31. The third kappa shape index (κ3) is 7.59. The number of nitrogens with zero attached hydrogens (tertiary/aromatic N) is 3. The number of hydrogen-bond donors (Lipinski definition) is 0. The van der Waals surface area contributed by atoms with E-state index in [0.29, 0.717) is 5.92 Å². The number of fused-ring (bicyclic) bond motifs is 1. The SMILES string of the molecule is CCc1cc(N2CCN(CC3CCN(c4ccc(C5=C(C6=C(Cl)C=CCC6)CCCc6cc(C)ccc65)cc4)CC3)CC2)ccc1C(C)C. The van der Waals surface area contributed by atoms with Crippen molar-refractivity contribution in [3.63, 3.8) is 0 Å². The lowest BCUT2D eigenvalue weighted by atomic mass is 9.85. The lowest BCUT2D eigenvalue weighted by Gasteiger charge is -2.40. The molecule has 0 bridgehead atoms. The summed E-state index contributed by atoms with van der Waals surface area (Å²) in [4.78, 5) is 7.96. The summed E-state index contributed by atoms with van der Waals surface area (Å²) in [7, 11) is 0. The summed E-state index contributed by atoms with van der Waals surface area (Å²) in [5.74, 6) is 1.38. The molecular formula is C45H56ClN3. The lowest BCUT2D eigenvalue weighted by molar-refractivity contribution is 0.201. The molecule has 0 amide bonds. The number of allylic oxidation sites excluding steroid dienone is 5. The summed E-state index contributed by atoms with van der Waals surface area (Å²) in [5, 5.41) is 0.928. The van der Waals surface area contributed by atoms with Gasteiger partial charge in [0.05, 0.1) is 0 Å². The van der Waals surface area contributed by atoms with E-state index >= 15 is 0 Å². The molecule has 3 aromatic rings. The van der Waals surface area contributed by atoms with Gasteiger partial charge in [-0.05, 0) is 145 Å². The van der Waals surface area contributed by atoms with Crippen LogP contribution in [0.2, 0.25) is 0 Å². The third-order valence-corrected chi connectivity index (χ3v) is 12.1. The lowest BCUT2D eigenvalue weighted by Crippen LogP contribution is -2.49. The van der Waals surface area contributed by atoms with Crippen molar-refractivity contribution >= 4 is 28.5 Å². The van der Waals surface area contributed by atoms with E-state index in [-0.39, 0.29) is 0 Å². The molecular weight excluding hydrogens is 618 g/mol. The number of anilines is 2. The van der Waals surface area contributed by atoms with Crippen molar-refractivity contribution in [2.45, 2.75) is 85.0 Å². The summed E-state index contributed by atoms with van der Waals surface area (Å²) in [6.45, 7) is 17.3. The Hall–Kier alpha value is -3.27. The van der Waals surface area contributed by atoms with E-state index in [0.717, 1.165) is 69.2 Å². The summed E-state index contributed by atoms with van der Waals surface area (Å²) >= 11 is 6.88. The van der Waals surface area contributed by atoms with E-state index in [9.17, 15) is 0 Å². The summed E-state index contributed by atoms with van der Waals surface area (Å²) in [5.41, 5.74) is 15.6. The zero-order chi connectivity index (χ0) is 33.9. The van der Waals surface area contributed by atoms with Gasteiger partial charge in [0.15, 0.2) is 0 Å². The average molecular weight is 674 g/mol. The van der Waals surface area contributed by atoms with Crippen LogP contribution in [-0.2, 0) is 12.8 Å². The van der Waals surface area contributed by atoms with E-state index < -0.39 is 0 Å². The first-order valence-corrected chi connectivity index (χ1v) is 19.6. The molecule has 2 fully saturated rings. The van der Waals surface area contributed by atoms with Crippen LogP contribution in [0, 0.1) is 12.8 Å². The van der Waals surface area contributed by atoms with Gasteiger partial charge in [-0.3, -0.25) is 4.90 Å². The van der Waals surface area contributed by atoms with Crippen LogP contribution >= 0.6 is 11.6 Å². The van der Waals surface area contributed by atoms with E-state index in [1.54, 1.807) is 0 Å². The molecule has 0 aromatic heterocycles. The van der Waals surface area contributed by atoms with Crippen molar-refractivity contribution < 1.29 is 0 Å². The quantitative estimate of drug-likeness (QED) is 0.236. The molecule has 2 aliphatic carbocycles. The standard InChI is InChI=1S/C45H56ClN3/c1-5-35-30-39(18-20-40(35)32(2)3)49-27-25-47(26-28-49)31-34-21-23-48(24-22-34)38-16-14-36(15-17-38)45-41-19-13-33(4)29-37(41)9-8-11-43(45)42-10-6-7-12-44(42)46/h7,12-20,29-30,32,34H,5-6,8-11,21-28,31H2,1-4H3. The Morgan fingerprint density at radius 3 is 2.22 bits per heavy atom. The molecule has 0 spiro atoms. The molecule has 4 aliphatic rings. The molecule has 0 atom stereocenters. The van der Waals surface area contributed by atoms with Crippen LogP contribution in [0.1, 0.15) is 98.6 Å². The fourth-order valence-corrected chi connectivity index (χ4v) is 9.20. The molecule has 2 aliphatic heterocycles. The summed E-state index contributed by atoms with van der Waals surface area (Å²) < 4.78 is 0. The maximum absolute atomic E-state index is 6.88. The van der Waals surface area contributed by atoms with E-state index in [1.807, 2.05) is 0 Å². The minimum absolute atomic E-state index is 0.591. The predicted molar refractivity (Wildman–Crippen MR) is 211 cm³/mol. The highest BCUT2D eigenvalue weighted by Gasteiger charge is 2.26. The number of hydrogen-bond acceptors (Lipinski definition) is 3. The molecule has 0 unspecified atom stereocenters. The zero-order valence-electron chi connectivity index (χ0n) is 30.4. The Kier molecular flexibility index (Phi) is 10.7. The smallest absolute Gasteiger partial charge is 0.0437 e. The highest BCUT2D eigenvalue weighted by Crippen LogP contribution is 2.42. The second-order valence-corrected chi connectivity index (χ2v) is 15.7. The van der Waals surface area contributed by atoms with Crippen LogP contribution in [0.25, 0.3) is 5.57 Å². The number of halogens is 1. The molecule has 2 heterocycles. The van der Waals surface area contributed by atoms with E-state index in [4.69, 9.17) is 11.6 Å². The topological polar surface area (TPSA) is 9.72 Å². The van der Waals surface area contributed by atoms with Crippen molar-refractivity contribution in [1.82, 2.24) is 4.90 Å². The minimum Gasteiger partial charge on any atom is -0.372 e. The van der Waals surface area contributed by atoms with Gasteiger partial charge in [0.25, 0.3) is 0 Å². The third-order valence-electron chi connectivity index (χ3n) is 11.7. The van der Waals surface area contributed by atoms with Crippen molar-refractivity contribution in [1.29, 1.82) is 0 Å². The predicted octanol–water partition coefficient (Wildman–Crippen LogP) is 10.7. The van der Waals surface area contributed by atoms with Crippen LogP contribution in [0.4, 0.5) is 11.4 Å². The van der Waals surface area contributed by atoms with Gasteiger partial charge in [0, 0.05) is 62.2 Å². The molecule has 0 saturated carbocycles. The fraction of sp³-hybridized carbons (Fsp3) is 0.467. The van der Waals surface area contributed by atoms with Gasteiger partial charge in [-0.25, -0.2) is 0 Å². The van der Waals surface area contributed by atoms with Crippen LogP contribution in [0.15, 0.2) is 89.0 Å². The Labute approximate surface area is 301 Å². The second-order valence-electron chi connectivity index (χ2n) is 15.3. The Bertz CT molecular complexity index is 1710. The van der Waals surface area contributed by atoms with E-state index in [1.165, 1.54) is 100 Å². The van der Waals surface area contributed by atoms with E-state index in [2.05, 4.69) is 115 Å². The largest absolute Gasteiger partial charge is 0.372 e. The Balaban J connectivity index is 0.988. The number of benzene rings is 3. The molecule has 0 N–H and O–H groups in total. The molecule has 7 rings (SSSR count). The van der Waals surface area contributed by atoms with Crippen molar-refractivity contribution in [3.8, 4) is 0 Å². The first-order chi connectivity index (χ1) is 23.9. The molecule has 258 valence electrons. The number of piperidine rings is 1. The van der Waals surface area contributed by atoms with Crippen LogP contribution in [0.5, 0.6) is 0 Å². The maximum atomic E-state index is 6.88. The number of rotatable bonds is 8. The maximum Gasteiger partial charge on any atom is 0.0437 e. The van der Waals surface area contributed by atoms with Gasteiger partial charge < -0.3 is 9.80 Å². The molecule has 0 radical (unpaired) electrons. The van der Waals surface area contributed by atoms with Crippen molar-refractivity contribution in [3.05, 3.63) is 122 Å². The Morgan fingerprint density at radius 1 is 0.776 bits per heavy atom.